The van der Waals surface area contributed by atoms with Crippen molar-refractivity contribution in [2.75, 3.05) is 25.6 Å². The van der Waals surface area contributed by atoms with Gasteiger partial charge in [-0.15, -0.1) is 11.3 Å². The predicted octanol–water partition coefficient (Wildman–Crippen LogP) is 2.63. The second kappa shape index (κ2) is 10.5. The number of carbonyl (C=O) groups is 5. The van der Waals surface area contributed by atoms with Crippen LogP contribution in [0.2, 0.25) is 0 Å². The molecule has 2 atom stereocenters. The Bertz CT molecular complexity index is 1020. The number of amides is 3. The van der Waals surface area contributed by atoms with Crippen LogP contribution in [0.5, 0.6) is 0 Å². The molecule has 4 rings (SSSR count). The average Bonchev–Trinajstić information content (AvgIpc) is 3.17. The second-order valence-corrected chi connectivity index (χ2v) is 9.81. The molecule has 9 nitrogen and oxygen atoms in total. The number of esters is 2. The third-order valence-corrected chi connectivity index (χ3v) is 7.77. The smallest absolute Gasteiger partial charge is 0.341 e. The van der Waals surface area contributed by atoms with Crippen molar-refractivity contribution in [3.8, 4) is 0 Å². The normalized spacial score (nSPS) is 21.5. The monoisotopic (exact) mass is 488 g/mol. The van der Waals surface area contributed by atoms with E-state index in [-0.39, 0.29) is 36.6 Å². The molecule has 2 heterocycles. The summed E-state index contributed by atoms with van der Waals surface area (Å²) in [6.45, 7) is -0.589. The number of nitrogens with zero attached hydrogens (tertiary/aromatic N) is 1. The third kappa shape index (κ3) is 4.91. The highest BCUT2D eigenvalue weighted by Gasteiger charge is 2.47. The molecule has 2 aliphatic carbocycles. The van der Waals surface area contributed by atoms with Crippen LogP contribution in [0.4, 0.5) is 5.00 Å². The predicted molar refractivity (Wildman–Crippen MR) is 123 cm³/mol. The van der Waals surface area contributed by atoms with E-state index >= 15 is 0 Å². The molecule has 0 bridgehead atoms. The highest BCUT2D eigenvalue weighted by Crippen LogP contribution is 2.38. The van der Waals surface area contributed by atoms with Crippen molar-refractivity contribution in [2.24, 2.45) is 11.8 Å². The fourth-order valence-corrected chi connectivity index (χ4v) is 6.12. The van der Waals surface area contributed by atoms with Gasteiger partial charge in [0.15, 0.2) is 6.61 Å². The number of hydrogen-bond acceptors (Lipinski definition) is 8. The van der Waals surface area contributed by atoms with Crippen molar-refractivity contribution < 1.29 is 33.4 Å². The van der Waals surface area contributed by atoms with Crippen molar-refractivity contribution in [3.63, 3.8) is 0 Å². The van der Waals surface area contributed by atoms with E-state index in [2.05, 4.69) is 5.32 Å². The lowest BCUT2D eigenvalue weighted by molar-refractivity contribution is -0.148. The zero-order chi connectivity index (χ0) is 24.2. The maximum Gasteiger partial charge on any atom is 0.341 e. The van der Waals surface area contributed by atoms with E-state index in [1.807, 2.05) is 12.2 Å². The molecule has 0 spiro atoms. The first kappa shape index (κ1) is 24.1. The Labute approximate surface area is 201 Å². The van der Waals surface area contributed by atoms with Gasteiger partial charge < -0.3 is 14.8 Å². The highest BCUT2D eigenvalue weighted by atomic mass is 32.1. The standard InChI is InChI=1S/C24H28N2O7S/c1-32-24(31)20-16-9-3-2-4-10-17(16)34-21(20)25-18(27)13-33-19(28)11-12-26-22(29)14-7-5-6-8-15(14)23(26)30/h5-6,14-15H,2-4,7-13H2,1H3,(H,25,27). The van der Waals surface area contributed by atoms with E-state index in [4.69, 9.17) is 9.47 Å². The largest absolute Gasteiger partial charge is 0.465 e. The van der Waals surface area contributed by atoms with Gasteiger partial charge in [-0.05, 0) is 44.1 Å². The maximum absolute atomic E-state index is 12.5. The van der Waals surface area contributed by atoms with Crippen LogP contribution in [-0.2, 0) is 41.5 Å². The van der Waals surface area contributed by atoms with Crippen molar-refractivity contribution in [2.45, 2.75) is 51.4 Å². The van der Waals surface area contributed by atoms with Gasteiger partial charge in [0.2, 0.25) is 11.8 Å². The first-order valence-corrected chi connectivity index (χ1v) is 12.4. The minimum Gasteiger partial charge on any atom is -0.465 e. The van der Waals surface area contributed by atoms with Gasteiger partial charge in [0, 0.05) is 11.4 Å². The summed E-state index contributed by atoms with van der Waals surface area (Å²) in [5.74, 6) is -2.94. The van der Waals surface area contributed by atoms with Crippen LogP contribution in [0.1, 0.15) is 59.3 Å². The molecule has 2 unspecified atom stereocenters. The Hall–Kier alpha value is -3.01. The van der Waals surface area contributed by atoms with Gasteiger partial charge in [-0.3, -0.25) is 24.1 Å². The Morgan fingerprint density at radius 1 is 1.06 bits per heavy atom. The molecular weight excluding hydrogens is 460 g/mol. The molecule has 182 valence electrons. The van der Waals surface area contributed by atoms with Crippen LogP contribution >= 0.6 is 11.3 Å². The van der Waals surface area contributed by atoms with Crippen molar-refractivity contribution in [3.05, 3.63) is 28.2 Å². The number of fused-ring (bicyclic) bond motifs is 2. The summed E-state index contributed by atoms with van der Waals surface area (Å²) >= 11 is 1.36. The topological polar surface area (TPSA) is 119 Å². The number of aryl methyl sites for hydroxylation is 1. The number of rotatable bonds is 7. The Morgan fingerprint density at radius 3 is 2.41 bits per heavy atom. The summed E-state index contributed by atoms with van der Waals surface area (Å²) in [6, 6.07) is 0. The first-order chi connectivity index (χ1) is 16.4. The molecule has 1 aliphatic heterocycles. The Balaban J connectivity index is 1.30. The molecule has 0 saturated carbocycles. The molecular formula is C24H28N2O7S. The Morgan fingerprint density at radius 2 is 1.74 bits per heavy atom. The van der Waals surface area contributed by atoms with E-state index in [9.17, 15) is 24.0 Å². The van der Waals surface area contributed by atoms with Crippen molar-refractivity contribution >= 4 is 46.0 Å². The molecule has 1 N–H and O–H groups in total. The number of imide groups is 1. The number of allylic oxidation sites excluding steroid dienone is 2. The minimum absolute atomic E-state index is 0.0603. The second-order valence-electron chi connectivity index (χ2n) is 8.70. The maximum atomic E-state index is 12.5. The van der Waals surface area contributed by atoms with Crippen LogP contribution < -0.4 is 5.32 Å². The third-order valence-electron chi connectivity index (χ3n) is 6.57. The van der Waals surface area contributed by atoms with Crippen LogP contribution in [0.3, 0.4) is 0 Å². The number of thiophene rings is 1. The van der Waals surface area contributed by atoms with E-state index in [1.54, 1.807) is 0 Å². The number of methoxy groups -OCH3 is 1. The SMILES string of the molecule is COC(=O)c1c(NC(=O)COC(=O)CCN2C(=O)C3CC=CCC3C2=O)sc2c1CCCCC2. The summed E-state index contributed by atoms with van der Waals surface area (Å²) in [5.41, 5.74) is 1.31. The van der Waals surface area contributed by atoms with Crippen LogP contribution in [-0.4, -0.2) is 54.8 Å². The molecule has 0 aromatic carbocycles. The number of ether oxygens (including phenoxy) is 2. The lowest BCUT2D eigenvalue weighted by atomic mass is 9.85. The van der Waals surface area contributed by atoms with Gasteiger partial charge in [-0.2, -0.15) is 0 Å². The molecule has 3 aliphatic rings. The number of nitrogens with one attached hydrogen (secondary N) is 1. The molecule has 1 aromatic rings. The molecule has 1 fully saturated rings. The van der Waals surface area contributed by atoms with E-state index in [0.717, 1.165) is 47.4 Å². The van der Waals surface area contributed by atoms with Gasteiger partial charge in [0.1, 0.15) is 5.00 Å². The van der Waals surface area contributed by atoms with Crippen LogP contribution in [0, 0.1) is 11.8 Å². The van der Waals surface area contributed by atoms with Crippen LogP contribution in [0.15, 0.2) is 12.2 Å². The summed E-state index contributed by atoms with van der Waals surface area (Å²) in [6.07, 6.45) is 9.39. The minimum atomic E-state index is -0.682. The van der Waals surface area contributed by atoms with Gasteiger partial charge in [-0.25, -0.2) is 4.79 Å². The van der Waals surface area contributed by atoms with E-state index < -0.39 is 24.5 Å². The van der Waals surface area contributed by atoms with Crippen molar-refractivity contribution in [1.29, 1.82) is 0 Å². The number of likely N-dealkylation sites (tertiary alicyclic amines) is 1. The number of hydrogen-bond donors (Lipinski definition) is 1. The Kier molecular flexibility index (Phi) is 7.45. The summed E-state index contributed by atoms with van der Waals surface area (Å²) in [5, 5.41) is 3.09. The zero-order valence-corrected chi connectivity index (χ0v) is 19.9. The quantitative estimate of drug-likeness (QED) is 0.271. The summed E-state index contributed by atoms with van der Waals surface area (Å²) in [7, 11) is 1.30. The first-order valence-electron chi connectivity index (χ1n) is 11.6. The lowest BCUT2D eigenvalue weighted by Crippen LogP contribution is -2.33. The van der Waals surface area contributed by atoms with Crippen LogP contribution in [0.25, 0.3) is 0 Å². The van der Waals surface area contributed by atoms with Gasteiger partial charge >= 0.3 is 11.9 Å². The summed E-state index contributed by atoms with van der Waals surface area (Å²) < 4.78 is 9.97. The van der Waals surface area contributed by atoms with E-state index in [1.165, 1.54) is 18.4 Å². The van der Waals surface area contributed by atoms with E-state index in [0.29, 0.717) is 23.4 Å². The summed E-state index contributed by atoms with van der Waals surface area (Å²) in [4.78, 5) is 64.1. The molecule has 0 radical (unpaired) electrons. The fraction of sp³-hybridized carbons (Fsp3) is 0.542. The molecule has 1 aromatic heterocycles. The lowest BCUT2D eigenvalue weighted by Gasteiger charge is -2.14. The average molecular weight is 489 g/mol. The van der Waals surface area contributed by atoms with Gasteiger partial charge in [-0.1, -0.05) is 18.6 Å². The molecule has 10 heteroatoms. The molecule has 1 saturated heterocycles. The highest BCUT2D eigenvalue weighted by molar-refractivity contribution is 7.17. The molecule has 3 amide bonds. The van der Waals surface area contributed by atoms with Gasteiger partial charge in [0.25, 0.3) is 5.91 Å². The fourth-order valence-electron chi connectivity index (χ4n) is 4.82. The number of carbonyl (C=O) groups excluding carboxylic acids is 5. The van der Waals surface area contributed by atoms with Crippen molar-refractivity contribution in [1.82, 2.24) is 4.90 Å². The van der Waals surface area contributed by atoms with Gasteiger partial charge in [0.05, 0.1) is 30.9 Å². The number of anilines is 1. The molecule has 34 heavy (non-hydrogen) atoms. The zero-order valence-electron chi connectivity index (χ0n) is 19.1.